The summed E-state index contributed by atoms with van der Waals surface area (Å²) >= 11 is 0. The van der Waals surface area contributed by atoms with Crippen LogP contribution in [0.1, 0.15) is 29.0 Å². The van der Waals surface area contributed by atoms with Gasteiger partial charge in [-0.3, -0.25) is 10.3 Å². The lowest BCUT2D eigenvalue weighted by atomic mass is 9.81. The van der Waals surface area contributed by atoms with E-state index in [1.807, 2.05) is 22.8 Å². The summed E-state index contributed by atoms with van der Waals surface area (Å²) in [6.07, 6.45) is 2.70. The van der Waals surface area contributed by atoms with Crippen LogP contribution in [0.2, 0.25) is 0 Å². The van der Waals surface area contributed by atoms with Crippen LogP contribution in [0, 0.1) is 5.41 Å². The number of benzene rings is 3. The van der Waals surface area contributed by atoms with Crippen LogP contribution in [-0.4, -0.2) is 54.4 Å². The number of hydrogen-bond acceptors (Lipinski definition) is 6. The van der Waals surface area contributed by atoms with Gasteiger partial charge in [0.1, 0.15) is 23.3 Å². The van der Waals surface area contributed by atoms with Crippen molar-refractivity contribution < 1.29 is 14.2 Å². The molecular formula is C29H30N4O3. The summed E-state index contributed by atoms with van der Waals surface area (Å²) < 4.78 is 19.2. The minimum absolute atomic E-state index is 0.174. The first-order chi connectivity index (χ1) is 17.7. The van der Waals surface area contributed by atoms with Crippen molar-refractivity contribution in [3.8, 4) is 17.4 Å². The normalized spacial score (nSPS) is 17.3. The van der Waals surface area contributed by atoms with Crippen molar-refractivity contribution in [3.63, 3.8) is 0 Å². The van der Waals surface area contributed by atoms with Gasteiger partial charge in [0.25, 0.3) is 0 Å². The maximum atomic E-state index is 9.24. The second-order valence-electron chi connectivity index (χ2n) is 9.32. The van der Waals surface area contributed by atoms with E-state index in [9.17, 15) is 5.41 Å². The Morgan fingerprint density at radius 1 is 0.972 bits per heavy atom. The molecule has 0 unspecified atom stereocenters. The quantitative estimate of drug-likeness (QED) is 0.385. The fourth-order valence-corrected chi connectivity index (χ4v) is 5.35. The van der Waals surface area contributed by atoms with Gasteiger partial charge in [0.15, 0.2) is 0 Å². The van der Waals surface area contributed by atoms with Gasteiger partial charge in [-0.2, -0.15) is 0 Å². The highest BCUT2D eigenvalue weighted by molar-refractivity contribution is 5.90. The highest BCUT2D eigenvalue weighted by Gasteiger charge is 2.33. The van der Waals surface area contributed by atoms with Gasteiger partial charge in [-0.25, -0.2) is 4.98 Å². The maximum Gasteiger partial charge on any atom is 0.228 e. The second kappa shape index (κ2) is 9.76. The van der Waals surface area contributed by atoms with Gasteiger partial charge in [0.2, 0.25) is 5.88 Å². The van der Waals surface area contributed by atoms with Crippen molar-refractivity contribution in [2.24, 2.45) is 0 Å². The predicted molar refractivity (Wildman–Crippen MR) is 138 cm³/mol. The van der Waals surface area contributed by atoms with Crippen LogP contribution in [0.3, 0.4) is 0 Å². The molecule has 0 aliphatic carbocycles. The van der Waals surface area contributed by atoms with Gasteiger partial charge in [-0.05, 0) is 41.0 Å². The summed E-state index contributed by atoms with van der Waals surface area (Å²) in [5, 5.41) is 11.5. The van der Waals surface area contributed by atoms with Gasteiger partial charge < -0.3 is 18.8 Å². The number of nitrogens with zero attached hydrogens (tertiary/aromatic N) is 3. The van der Waals surface area contributed by atoms with Crippen molar-refractivity contribution in [1.29, 1.82) is 5.41 Å². The molecule has 0 amide bonds. The van der Waals surface area contributed by atoms with Crippen LogP contribution < -0.4 is 15.0 Å². The number of methoxy groups -OCH3 is 1. The molecule has 0 saturated carbocycles. The van der Waals surface area contributed by atoms with E-state index >= 15 is 0 Å². The molecule has 0 radical (unpaired) electrons. The zero-order chi connectivity index (χ0) is 24.5. The monoisotopic (exact) mass is 482 g/mol. The van der Waals surface area contributed by atoms with Crippen LogP contribution in [0.4, 0.5) is 0 Å². The van der Waals surface area contributed by atoms with E-state index in [2.05, 4.69) is 47.4 Å². The topological polar surface area (TPSA) is 72.6 Å². The van der Waals surface area contributed by atoms with Crippen LogP contribution in [-0.2, 0) is 11.3 Å². The highest BCUT2D eigenvalue weighted by Crippen LogP contribution is 2.48. The third kappa shape index (κ3) is 4.14. The zero-order valence-electron chi connectivity index (χ0n) is 20.4. The SMILES string of the molecule is COc1ccc([C@@H]2c3c(ncn(CCCN4CCOCC4)c3=N)Oc3ccc4ccccc4c32)cc1. The largest absolute Gasteiger partial charge is 0.497 e. The summed E-state index contributed by atoms with van der Waals surface area (Å²) in [5.41, 5.74) is 3.41. The molecule has 6 rings (SSSR count). The Morgan fingerprint density at radius 3 is 2.58 bits per heavy atom. The van der Waals surface area contributed by atoms with Crippen LogP contribution in [0.25, 0.3) is 10.8 Å². The first-order valence-corrected chi connectivity index (χ1v) is 12.5. The minimum atomic E-state index is -0.174. The number of nitrogens with one attached hydrogen (secondary N) is 1. The molecule has 184 valence electrons. The highest BCUT2D eigenvalue weighted by atomic mass is 16.5. The Hall–Kier alpha value is -3.68. The molecular weight excluding hydrogens is 452 g/mol. The molecule has 1 aromatic heterocycles. The Balaban J connectivity index is 1.43. The molecule has 3 heterocycles. The Labute approximate surface area is 210 Å². The summed E-state index contributed by atoms with van der Waals surface area (Å²) in [6, 6.07) is 20.6. The van der Waals surface area contributed by atoms with E-state index in [0.717, 1.165) is 84.8 Å². The van der Waals surface area contributed by atoms with Crippen molar-refractivity contribution in [2.75, 3.05) is 40.0 Å². The van der Waals surface area contributed by atoms with Gasteiger partial charge in [-0.1, -0.05) is 42.5 Å². The Bertz CT molecular complexity index is 1440. The predicted octanol–water partition coefficient (Wildman–Crippen LogP) is 4.53. The zero-order valence-corrected chi connectivity index (χ0v) is 20.4. The van der Waals surface area contributed by atoms with Gasteiger partial charge in [0, 0.05) is 37.7 Å². The summed E-state index contributed by atoms with van der Waals surface area (Å²) in [6.45, 7) is 5.25. The lowest BCUT2D eigenvalue weighted by Crippen LogP contribution is -2.37. The lowest BCUT2D eigenvalue weighted by molar-refractivity contribution is 0.0369. The fourth-order valence-electron chi connectivity index (χ4n) is 5.35. The number of aromatic nitrogens is 2. The fraction of sp³-hybridized carbons (Fsp3) is 0.310. The van der Waals surface area contributed by atoms with E-state index < -0.39 is 0 Å². The third-order valence-corrected chi connectivity index (χ3v) is 7.23. The van der Waals surface area contributed by atoms with E-state index in [1.165, 1.54) is 0 Å². The molecule has 3 aromatic carbocycles. The van der Waals surface area contributed by atoms with Gasteiger partial charge >= 0.3 is 0 Å². The number of rotatable bonds is 6. The first-order valence-electron chi connectivity index (χ1n) is 12.5. The average Bonchev–Trinajstić information content (AvgIpc) is 2.94. The molecule has 36 heavy (non-hydrogen) atoms. The molecule has 7 nitrogen and oxygen atoms in total. The maximum absolute atomic E-state index is 9.24. The van der Waals surface area contributed by atoms with Crippen LogP contribution >= 0.6 is 0 Å². The molecule has 0 bridgehead atoms. The summed E-state index contributed by atoms with van der Waals surface area (Å²) in [7, 11) is 1.67. The minimum Gasteiger partial charge on any atom is -0.497 e. The van der Waals surface area contributed by atoms with Crippen molar-refractivity contribution in [2.45, 2.75) is 18.9 Å². The Kier molecular flexibility index (Phi) is 6.17. The second-order valence-corrected chi connectivity index (χ2v) is 9.32. The van der Waals surface area contributed by atoms with Gasteiger partial charge in [0.05, 0.1) is 25.9 Å². The summed E-state index contributed by atoms with van der Waals surface area (Å²) in [5.74, 6) is 1.93. The molecule has 2 aliphatic heterocycles. The van der Waals surface area contributed by atoms with E-state index in [1.54, 1.807) is 13.4 Å². The molecule has 1 atom stereocenters. The van der Waals surface area contributed by atoms with Gasteiger partial charge in [-0.15, -0.1) is 0 Å². The van der Waals surface area contributed by atoms with Crippen LogP contribution in [0.5, 0.6) is 17.4 Å². The molecule has 1 N–H and O–H groups in total. The molecule has 4 aromatic rings. The van der Waals surface area contributed by atoms with E-state index in [4.69, 9.17) is 19.2 Å². The van der Waals surface area contributed by atoms with E-state index in [0.29, 0.717) is 11.4 Å². The van der Waals surface area contributed by atoms with Crippen LogP contribution in [0.15, 0.2) is 67.0 Å². The number of fused-ring (bicyclic) bond motifs is 4. The smallest absolute Gasteiger partial charge is 0.228 e. The molecule has 0 spiro atoms. The van der Waals surface area contributed by atoms with Crippen molar-refractivity contribution in [3.05, 3.63) is 89.2 Å². The molecule has 7 heteroatoms. The number of aryl methyl sites for hydroxylation is 1. The van der Waals surface area contributed by atoms with Crippen molar-refractivity contribution in [1.82, 2.24) is 14.5 Å². The molecule has 1 saturated heterocycles. The standard InChI is InChI=1S/C29H30N4O3/c1-34-22-10-7-21(8-11-22)25-26-23-6-3-2-5-20(23)9-12-24(26)36-29-27(25)28(30)33(19-31-29)14-4-13-32-15-17-35-18-16-32/h2-3,5-12,19,25,30H,4,13-18H2,1H3/t25-/m0/s1. The summed E-state index contributed by atoms with van der Waals surface area (Å²) in [4.78, 5) is 7.12. The molecule has 1 fully saturated rings. The average molecular weight is 483 g/mol. The van der Waals surface area contributed by atoms with E-state index in [-0.39, 0.29) is 5.92 Å². The number of morpholine rings is 1. The lowest BCUT2D eigenvalue weighted by Gasteiger charge is -2.30. The number of ether oxygens (including phenoxy) is 3. The van der Waals surface area contributed by atoms with Crippen molar-refractivity contribution >= 4 is 10.8 Å². The molecule has 2 aliphatic rings. The first kappa shape index (κ1) is 22.8. The Morgan fingerprint density at radius 2 is 1.78 bits per heavy atom. The third-order valence-electron chi connectivity index (χ3n) is 7.23. The number of hydrogen-bond donors (Lipinski definition) is 1.